The highest BCUT2D eigenvalue weighted by atomic mass is 15.3. The molecule has 2 rings (SSSR count). The van der Waals surface area contributed by atoms with Gasteiger partial charge in [0, 0.05) is 5.54 Å². The second-order valence-electron chi connectivity index (χ2n) is 7.53. The predicted octanol–water partition coefficient (Wildman–Crippen LogP) is 3.61. The van der Waals surface area contributed by atoms with Crippen molar-refractivity contribution in [3.63, 3.8) is 0 Å². The Hall–Kier alpha value is -0.380. The molecule has 0 spiro atoms. The lowest BCUT2D eigenvalue weighted by molar-refractivity contribution is 0.0476. The first-order chi connectivity index (χ1) is 10.1. The number of hydrazine groups is 1. The molecule has 2 aliphatic carbocycles. The maximum Gasteiger partial charge on any atom is 0.0603 e. The molecule has 3 nitrogen and oxygen atoms in total. The number of nitrogens with one attached hydrogen (secondary N) is 1. The van der Waals surface area contributed by atoms with Crippen LogP contribution in [-0.2, 0) is 0 Å². The Balaban J connectivity index is 2.26. The van der Waals surface area contributed by atoms with Gasteiger partial charge in [-0.2, -0.15) is 0 Å². The Morgan fingerprint density at radius 3 is 2.67 bits per heavy atom. The van der Waals surface area contributed by atoms with Crippen LogP contribution in [0, 0.1) is 5.92 Å². The number of nitrogens with two attached hydrogens (primary N) is 1. The molecule has 0 amide bonds. The van der Waals surface area contributed by atoms with E-state index in [1.807, 2.05) is 0 Å². The average molecular weight is 293 g/mol. The summed E-state index contributed by atoms with van der Waals surface area (Å²) >= 11 is 0. The minimum atomic E-state index is 0.192. The summed E-state index contributed by atoms with van der Waals surface area (Å²) in [7, 11) is 4.48. The Bertz CT molecular complexity index is 350. The van der Waals surface area contributed by atoms with Gasteiger partial charge in [-0.05, 0) is 58.5 Å². The standard InChI is InChI=1S/C18H35N3/c1-15-10-9-13-18(14-15,21(2)3)17(20-19)16-11-7-5-4-6-8-12-16/h11,15,17,20H,4-10,12-14,19H2,1-3H3. The fourth-order valence-corrected chi connectivity index (χ4v) is 4.58. The number of rotatable bonds is 4. The van der Waals surface area contributed by atoms with Crippen LogP contribution >= 0.6 is 0 Å². The molecule has 1 saturated carbocycles. The lowest BCUT2D eigenvalue weighted by atomic mass is 9.68. The predicted molar refractivity (Wildman–Crippen MR) is 90.9 cm³/mol. The van der Waals surface area contributed by atoms with Gasteiger partial charge in [-0.3, -0.25) is 11.3 Å². The fraction of sp³-hybridized carbons (Fsp3) is 0.889. The van der Waals surface area contributed by atoms with E-state index in [2.05, 4.69) is 37.4 Å². The summed E-state index contributed by atoms with van der Waals surface area (Å²) in [4.78, 5) is 2.45. The van der Waals surface area contributed by atoms with Crippen molar-refractivity contribution >= 4 is 0 Å². The van der Waals surface area contributed by atoms with Gasteiger partial charge < -0.3 is 4.90 Å². The quantitative estimate of drug-likeness (QED) is 0.473. The molecule has 0 heterocycles. The summed E-state index contributed by atoms with van der Waals surface area (Å²) in [6.07, 6.45) is 15.6. The molecule has 122 valence electrons. The van der Waals surface area contributed by atoms with Gasteiger partial charge in [0.25, 0.3) is 0 Å². The highest BCUT2D eigenvalue weighted by molar-refractivity contribution is 5.21. The second kappa shape index (κ2) is 7.75. The van der Waals surface area contributed by atoms with Gasteiger partial charge in [0.1, 0.15) is 0 Å². The SMILES string of the molecule is CC1CCCC(C(NN)C2=CCCCCCC2)(N(C)C)C1. The van der Waals surface area contributed by atoms with Gasteiger partial charge in [0.15, 0.2) is 0 Å². The zero-order chi connectivity index (χ0) is 15.3. The molecule has 0 saturated heterocycles. The lowest BCUT2D eigenvalue weighted by Gasteiger charge is -2.51. The normalized spacial score (nSPS) is 33.2. The third kappa shape index (κ3) is 3.88. The molecule has 3 heteroatoms. The van der Waals surface area contributed by atoms with Crippen molar-refractivity contribution < 1.29 is 0 Å². The van der Waals surface area contributed by atoms with Gasteiger partial charge in [0.05, 0.1) is 6.04 Å². The van der Waals surface area contributed by atoms with Crippen LogP contribution in [0.2, 0.25) is 0 Å². The average Bonchev–Trinajstić information content (AvgIpc) is 2.41. The van der Waals surface area contributed by atoms with Gasteiger partial charge in [-0.15, -0.1) is 0 Å². The van der Waals surface area contributed by atoms with Crippen molar-refractivity contribution in [1.29, 1.82) is 0 Å². The van der Waals surface area contributed by atoms with Crippen molar-refractivity contribution in [2.24, 2.45) is 11.8 Å². The van der Waals surface area contributed by atoms with E-state index in [9.17, 15) is 0 Å². The molecule has 3 unspecified atom stereocenters. The van der Waals surface area contributed by atoms with E-state index in [-0.39, 0.29) is 5.54 Å². The molecule has 0 aromatic carbocycles. The number of likely N-dealkylation sites (N-methyl/N-ethyl adjacent to an activating group) is 1. The number of hydrogen-bond acceptors (Lipinski definition) is 3. The molecule has 0 aromatic heterocycles. The van der Waals surface area contributed by atoms with Crippen LogP contribution in [-0.4, -0.2) is 30.6 Å². The minimum Gasteiger partial charge on any atom is -0.302 e. The maximum absolute atomic E-state index is 6.08. The van der Waals surface area contributed by atoms with Crippen LogP contribution < -0.4 is 11.3 Å². The molecule has 1 fully saturated rings. The van der Waals surface area contributed by atoms with E-state index >= 15 is 0 Å². The van der Waals surface area contributed by atoms with Gasteiger partial charge in [-0.1, -0.05) is 44.3 Å². The number of allylic oxidation sites excluding steroid dienone is 1. The molecular formula is C18H35N3. The molecule has 2 aliphatic rings. The van der Waals surface area contributed by atoms with E-state index in [1.165, 1.54) is 64.2 Å². The second-order valence-corrected chi connectivity index (χ2v) is 7.53. The van der Waals surface area contributed by atoms with Crippen molar-refractivity contribution in [3.05, 3.63) is 11.6 Å². The van der Waals surface area contributed by atoms with Gasteiger partial charge in [-0.25, -0.2) is 0 Å². The van der Waals surface area contributed by atoms with Crippen LogP contribution in [0.15, 0.2) is 11.6 Å². The van der Waals surface area contributed by atoms with Crippen LogP contribution in [0.3, 0.4) is 0 Å². The third-order valence-electron chi connectivity index (χ3n) is 5.80. The largest absolute Gasteiger partial charge is 0.302 e. The van der Waals surface area contributed by atoms with E-state index < -0.39 is 0 Å². The molecule has 0 aromatic rings. The molecule has 3 N–H and O–H groups in total. The van der Waals surface area contributed by atoms with Crippen molar-refractivity contribution in [3.8, 4) is 0 Å². The van der Waals surface area contributed by atoms with E-state index in [4.69, 9.17) is 5.84 Å². The first kappa shape index (κ1) is 17.0. The Morgan fingerprint density at radius 2 is 2.00 bits per heavy atom. The van der Waals surface area contributed by atoms with Crippen LogP contribution in [0.25, 0.3) is 0 Å². The summed E-state index contributed by atoms with van der Waals surface area (Å²) in [5.41, 5.74) is 4.98. The third-order valence-corrected chi connectivity index (χ3v) is 5.80. The van der Waals surface area contributed by atoms with Gasteiger partial charge >= 0.3 is 0 Å². The maximum atomic E-state index is 6.08. The summed E-state index contributed by atoms with van der Waals surface area (Å²) in [6.45, 7) is 2.40. The molecule has 0 aliphatic heterocycles. The van der Waals surface area contributed by atoms with Gasteiger partial charge in [0.2, 0.25) is 0 Å². The monoisotopic (exact) mass is 293 g/mol. The zero-order valence-corrected chi connectivity index (χ0v) is 14.3. The lowest BCUT2D eigenvalue weighted by Crippen LogP contribution is -2.63. The number of hydrogen-bond donors (Lipinski definition) is 2. The minimum absolute atomic E-state index is 0.192. The topological polar surface area (TPSA) is 41.3 Å². The first-order valence-corrected chi connectivity index (χ1v) is 8.92. The van der Waals surface area contributed by atoms with Crippen molar-refractivity contribution in [2.75, 3.05) is 14.1 Å². The smallest absolute Gasteiger partial charge is 0.0603 e. The summed E-state index contributed by atoms with van der Waals surface area (Å²) in [5.74, 6) is 6.87. The van der Waals surface area contributed by atoms with E-state index in [0.717, 1.165) is 5.92 Å². The molecule has 0 radical (unpaired) electrons. The van der Waals surface area contributed by atoms with Crippen molar-refractivity contribution in [2.45, 2.75) is 82.7 Å². The molecule has 21 heavy (non-hydrogen) atoms. The Kier molecular flexibility index (Phi) is 6.27. The van der Waals surface area contributed by atoms with Crippen molar-refractivity contribution in [1.82, 2.24) is 10.3 Å². The highest BCUT2D eigenvalue weighted by Gasteiger charge is 2.44. The van der Waals surface area contributed by atoms with Crippen LogP contribution in [0.4, 0.5) is 0 Å². The Morgan fingerprint density at radius 1 is 1.24 bits per heavy atom. The van der Waals surface area contributed by atoms with E-state index in [0.29, 0.717) is 6.04 Å². The van der Waals surface area contributed by atoms with E-state index in [1.54, 1.807) is 5.57 Å². The fourth-order valence-electron chi connectivity index (χ4n) is 4.58. The molecular weight excluding hydrogens is 258 g/mol. The summed E-state index contributed by atoms with van der Waals surface area (Å²) in [6, 6.07) is 0.313. The Labute approximate surface area is 131 Å². The first-order valence-electron chi connectivity index (χ1n) is 8.92. The summed E-state index contributed by atoms with van der Waals surface area (Å²) < 4.78 is 0. The highest BCUT2D eigenvalue weighted by Crippen LogP contribution is 2.41. The molecule has 0 bridgehead atoms. The number of nitrogens with zero attached hydrogens (tertiary/aromatic N) is 1. The van der Waals surface area contributed by atoms with Crippen LogP contribution in [0.5, 0.6) is 0 Å². The van der Waals surface area contributed by atoms with Crippen LogP contribution in [0.1, 0.15) is 71.1 Å². The zero-order valence-electron chi connectivity index (χ0n) is 14.3. The summed E-state index contributed by atoms with van der Waals surface area (Å²) in [5, 5.41) is 0. The molecule has 3 atom stereocenters.